The number of hydrazine groups is 1. The highest BCUT2D eigenvalue weighted by atomic mass is 19.4. The number of nitrogen functional groups attached to an aromatic ring is 1. The third-order valence-corrected chi connectivity index (χ3v) is 5.13. The summed E-state index contributed by atoms with van der Waals surface area (Å²) in [5, 5.41) is 0. The van der Waals surface area contributed by atoms with Crippen LogP contribution in [0, 0.1) is 17.8 Å². The van der Waals surface area contributed by atoms with Crippen LogP contribution in [-0.4, -0.2) is 40.6 Å². The first kappa shape index (κ1) is 18.4. The van der Waals surface area contributed by atoms with E-state index < -0.39 is 17.8 Å². The minimum atomic E-state index is -4.55. The second-order valence-electron chi connectivity index (χ2n) is 6.77. The zero-order chi connectivity index (χ0) is 19.9. The fourth-order valence-corrected chi connectivity index (χ4v) is 3.67. The van der Waals surface area contributed by atoms with Crippen molar-refractivity contribution in [2.45, 2.75) is 6.18 Å². The predicted octanol–water partition coefficient (Wildman–Crippen LogP) is 1.26. The number of alkyl halides is 3. The quantitative estimate of drug-likeness (QED) is 0.447. The SMILES string of the molecule is NNC(=O)c1ccnc(N2C[C@@H]3C(COc4cccnc4C(F)(F)F)[C@@H]3C2)n1. The largest absolute Gasteiger partial charge is 0.491 e. The molecule has 4 rings (SSSR count). The average Bonchev–Trinajstić information content (AvgIpc) is 3.14. The van der Waals surface area contributed by atoms with Gasteiger partial charge in [0.15, 0.2) is 5.69 Å². The lowest BCUT2D eigenvalue weighted by Crippen LogP contribution is -2.32. The van der Waals surface area contributed by atoms with Gasteiger partial charge < -0.3 is 9.64 Å². The number of hydrogen-bond acceptors (Lipinski definition) is 7. The van der Waals surface area contributed by atoms with Crippen LogP contribution in [0.25, 0.3) is 0 Å². The highest BCUT2D eigenvalue weighted by molar-refractivity contribution is 5.91. The molecule has 1 unspecified atom stereocenters. The molecule has 148 valence electrons. The van der Waals surface area contributed by atoms with E-state index in [1.807, 2.05) is 10.3 Å². The number of amides is 1. The molecule has 3 N–H and O–H groups in total. The molecule has 0 bridgehead atoms. The third kappa shape index (κ3) is 3.44. The normalized spacial score (nSPS) is 23.3. The number of nitrogens with zero attached hydrogens (tertiary/aromatic N) is 4. The number of rotatable bonds is 5. The van der Waals surface area contributed by atoms with Crippen molar-refractivity contribution in [3.05, 3.63) is 42.0 Å². The Kier molecular flexibility index (Phi) is 4.53. The molecule has 3 atom stereocenters. The molecule has 1 saturated carbocycles. The Morgan fingerprint density at radius 2 is 2.00 bits per heavy atom. The maximum atomic E-state index is 13.0. The number of aromatic nitrogens is 3. The van der Waals surface area contributed by atoms with Crippen molar-refractivity contribution in [2.75, 3.05) is 24.6 Å². The van der Waals surface area contributed by atoms with Gasteiger partial charge in [0.25, 0.3) is 5.91 Å². The number of nitrogens with one attached hydrogen (secondary N) is 1. The van der Waals surface area contributed by atoms with E-state index in [0.717, 1.165) is 6.20 Å². The first-order valence-corrected chi connectivity index (χ1v) is 8.62. The van der Waals surface area contributed by atoms with Gasteiger partial charge in [0, 0.05) is 31.4 Å². The highest BCUT2D eigenvalue weighted by Crippen LogP contribution is 2.52. The number of anilines is 1. The topological polar surface area (TPSA) is 106 Å². The maximum Gasteiger partial charge on any atom is 0.437 e. The Balaban J connectivity index is 1.35. The van der Waals surface area contributed by atoms with Gasteiger partial charge in [-0.25, -0.2) is 20.8 Å². The summed E-state index contributed by atoms with van der Waals surface area (Å²) >= 11 is 0. The molecule has 1 aliphatic heterocycles. The van der Waals surface area contributed by atoms with Gasteiger partial charge in [-0.1, -0.05) is 0 Å². The third-order valence-electron chi connectivity index (χ3n) is 5.13. The number of hydrogen-bond donors (Lipinski definition) is 2. The molecule has 1 saturated heterocycles. The molecular weight excluding hydrogens is 377 g/mol. The maximum absolute atomic E-state index is 13.0. The van der Waals surface area contributed by atoms with Gasteiger partial charge in [-0.15, -0.1) is 0 Å². The van der Waals surface area contributed by atoms with Crippen molar-refractivity contribution in [2.24, 2.45) is 23.6 Å². The van der Waals surface area contributed by atoms with Gasteiger partial charge in [-0.2, -0.15) is 13.2 Å². The smallest absolute Gasteiger partial charge is 0.437 e. The zero-order valence-electron chi connectivity index (χ0n) is 14.6. The molecule has 3 heterocycles. The number of pyridine rings is 1. The second kappa shape index (κ2) is 6.89. The van der Waals surface area contributed by atoms with Crippen LogP contribution in [0.3, 0.4) is 0 Å². The minimum Gasteiger partial charge on any atom is -0.491 e. The van der Waals surface area contributed by atoms with Gasteiger partial charge in [0.2, 0.25) is 5.95 Å². The second-order valence-corrected chi connectivity index (χ2v) is 6.77. The van der Waals surface area contributed by atoms with E-state index in [0.29, 0.717) is 30.9 Å². The number of fused-ring (bicyclic) bond motifs is 1. The Hall–Kier alpha value is -2.95. The zero-order valence-corrected chi connectivity index (χ0v) is 14.6. The van der Waals surface area contributed by atoms with Gasteiger partial charge in [0.1, 0.15) is 11.4 Å². The van der Waals surface area contributed by atoms with E-state index in [-0.39, 0.29) is 24.0 Å². The van der Waals surface area contributed by atoms with Crippen LogP contribution in [0.1, 0.15) is 16.2 Å². The summed E-state index contributed by atoms with van der Waals surface area (Å²) < 4.78 is 44.4. The van der Waals surface area contributed by atoms with Crippen LogP contribution >= 0.6 is 0 Å². The van der Waals surface area contributed by atoms with Gasteiger partial charge in [-0.3, -0.25) is 10.2 Å². The van der Waals surface area contributed by atoms with Gasteiger partial charge in [-0.05, 0) is 30.0 Å². The lowest BCUT2D eigenvalue weighted by atomic mass is 10.2. The summed E-state index contributed by atoms with van der Waals surface area (Å²) in [6, 6.07) is 4.16. The average molecular weight is 394 g/mol. The van der Waals surface area contributed by atoms with E-state index in [9.17, 15) is 18.0 Å². The molecule has 11 heteroatoms. The minimum absolute atomic E-state index is 0.171. The van der Waals surface area contributed by atoms with E-state index in [1.165, 1.54) is 24.4 Å². The first-order valence-electron chi connectivity index (χ1n) is 8.62. The Morgan fingerprint density at radius 1 is 1.25 bits per heavy atom. The Bertz CT molecular complexity index is 881. The van der Waals surface area contributed by atoms with Crippen molar-refractivity contribution in [1.29, 1.82) is 0 Å². The highest BCUT2D eigenvalue weighted by Gasteiger charge is 2.56. The number of carbonyl (C=O) groups is 1. The molecule has 0 radical (unpaired) electrons. The number of nitrogens with two attached hydrogens (primary N) is 1. The standard InChI is InChI=1S/C17H17F3N6O2/c18-17(19,20)14-13(2-1-4-22-14)28-8-11-9-6-26(7-10(9)11)16-23-5-3-12(24-16)15(27)25-21/h1-5,9-11H,6-8,21H2,(H,25,27)/t9-,10+,11?. The molecular formula is C17H17F3N6O2. The Labute approximate surface area is 157 Å². The first-order chi connectivity index (χ1) is 13.4. The van der Waals surface area contributed by atoms with E-state index in [4.69, 9.17) is 10.6 Å². The number of carbonyl (C=O) groups excluding carboxylic acids is 1. The van der Waals surface area contributed by atoms with E-state index in [1.54, 1.807) is 0 Å². The van der Waals surface area contributed by atoms with Crippen LogP contribution in [0.5, 0.6) is 5.75 Å². The molecule has 28 heavy (non-hydrogen) atoms. The molecule has 1 amide bonds. The molecule has 2 aromatic rings. The Morgan fingerprint density at radius 3 is 2.68 bits per heavy atom. The predicted molar refractivity (Wildman–Crippen MR) is 91.1 cm³/mol. The summed E-state index contributed by atoms with van der Waals surface area (Å²) in [5.41, 5.74) is 1.18. The summed E-state index contributed by atoms with van der Waals surface area (Å²) in [7, 11) is 0. The fourth-order valence-electron chi connectivity index (χ4n) is 3.67. The monoisotopic (exact) mass is 394 g/mol. The molecule has 8 nitrogen and oxygen atoms in total. The molecule has 2 aromatic heterocycles. The van der Waals surface area contributed by atoms with Crippen molar-refractivity contribution in [1.82, 2.24) is 20.4 Å². The summed E-state index contributed by atoms with van der Waals surface area (Å²) in [6.45, 7) is 1.52. The summed E-state index contributed by atoms with van der Waals surface area (Å²) in [6.07, 6.45) is -1.97. The summed E-state index contributed by atoms with van der Waals surface area (Å²) in [5.74, 6) is 5.55. The van der Waals surface area contributed by atoms with Crippen LogP contribution < -0.4 is 20.9 Å². The molecule has 1 aliphatic carbocycles. The molecule has 2 fully saturated rings. The summed E-state index contributed by atoms with van der Waals surface area (Å²) in [4.78, 5) is 25.3. The molecule has 0 aromatic carbocycles. The van der Waals surface area contributed by atoms with Crippen LogP contribution in [0.2, 0.25) is 0 Å². The van der Waals surface area contributed by atoms with Crippen LogP contribution in [-0.2, 0) is 6.18 Å². The van der Waals surface area contributed by atoms with E-state index in [2.05, 4.69) is 15.0 Å². The van der Waals surface area contributed by atoms with Crippen molar-refractivity contribution in [3.8, 4) is 5.75 Å². The number of ether oxygens (including phenoxy) is 1. The fraction of sp³-hybridized carbons (Fsp3) is 0.412. The van der Waals surface area contributed by atoms with Crippen molar-refractivity contribution in [3.63, 3.8) is 0 Å². The van der Waals surface area contributed by atoms with Crippen molar-refractivity contribution < 1.29 is 22.7 Å². The van der Waals surface area contributed by atoms with Crippen LogP contribution in [0.15, 0.2) is 30.6 Å². The molecule has 0 spiro atoms. The van der Waals surface area contributed by atoms with Gasteiger partial charge in [0.05, 0.1) is 6.61 Å². The number of piperidine rings is 1. The molecule has 2 aliphatic rings. The lowest BCUT2D eigenvalue weighted by Gasteiger charge is -2.20. The van der Waals surface area contributed by atoms with E-state index >= 15 is 0 Å². The van der Waals surface area contributed by atoms with Gasteiger partial charge >= 0.3 is 6.18 Å². The van der Waals surface area contributed by atoms with Crippen molar-refractivity contribution >= 4 is 11.9 Å². The lowest BCUT2D eigenvalue weighted by molar-refractivity contribution is -0.142. The van der Waals surface area contributed by atoms with Crippen LogP contribution in [0.4, 0.5) is 19.1 Å². The number of halogens is 3.